The van der Waals surface area contributed by atoms with E-state index < -0.39 is 0 Å². The van der Waals surface area contributed by atoms with Gasteiger partial charge in [-0.1, -0.05) is 12.0 Å². The summed E-state index contributed by atoms with van der Waals surface area (Å²) in [5.74, 6) is 3.40. The van der Waals surface area contributed by atoms with Crippen LogP contribution in [0.1, 0.15) is 72.3 Å². The molecule has 2 aliphatic carbocycles. The van der Waals surface area contributed by atoms with Gasteiger partial charge in [-0.05, 0) is 105 Å². The number of aromatic nitrogens is 1. The van der Waals surface area contributed by atoms with Crippen LogP contribution in [0, 0.1) is 24.1 Å². The number of terminal acetylenes is 1. The van der Waals surface area contributed by atoms with Crippen LogP contribution >= 0.6 is 0 Å². The number of carbonyl (C=O) groups is 1. The molecule has 2 aromatic carbocycles. The molecule has 32 heavy (non-hydrogen) atoms. The van der Waals surface area contributed by atoms with Gasteiger partial charge in [0.1, 0.15) is 5.82 Å². The van der Waals surface area contributed by atoms with Crippen molar-refractivity contribution in [3.8, 4) is 12.3 Å². The lowest BCUT2D eigenvalue weighted by Gasteiger charge is -2.32. The Bertz CT molecular complexity index is 1200. The molecule has 3 nitrogen and oxygen atoms in total. The van der Waals surface area contributed by atoms with Gasteiger partial charge in [0.2, 0.25) is 0 Å². The van der Waals surface area contributed by atoms with E-state index in [9.17, 15) is 9.18 Å². The second-order valence-corrected chi connectivity index (χ2v) is 9.44. The second-order valence-electron chi connectivity index (χ2n) is 9.44. The molecule has 1 amide bonds. The molecule has 0 spiro atoms. The van der Waals surface area contributed by atoms with E-state index in [-0.39, 0.29) is 17.3 Å². The van der Waals surface area contributed by atoms with Gasteiger partial charge in [-0.25, -0.2) is 4.39 Å². The van der Waals surface area contributed by atoms with Crippen LogP contribution in [0.3, 0.4) is 0 Å². The third-order valence-corrected chi connectivity index (χ3v) is 7.23. The first-order valence-corrected chi connectivity index (χ1v) is 11.5. The molecule has 0 unspecified atom stereocenters. The standard InChI is InChI=1S/C28H27FN2O/c1-2-19-4-3-5-22(16-19)27(32)31-28(13-14-28)18-20-6-8-21(9-7-20)24-12-15-30-26-11-10-23(29)17-25(24)26/h1,3-5,10-12,15-17,20-21H,6-9,13-14,18H2,(H,31,32). The minimum absolute atomic E-state index is 0.0291. The Hall–Kier alpha value is -3.19. The molecular formula is C28H27FN2O. The summed E-state index contributed by atoms with van der Waals surface area (Å²) in [4.78, 5) is 17.2. The molecule has 162 valence electrons. The Morgan fingerprint density at radius 3 is 2.69 bits per heavy atom. The lowest BCUT2D eigenvalue weighted by molar-refractivity contribution is 0.0921. The van der Waals surface area contributed by atoms with Crippen molar-refractivity contribution in [1.82, 2.24) is 10.3 Å². The van der Waals surface area contributed by atoms with Crippen molar-refractivity contribution >= 4 is 16.8 Å². The third kappa shape index (κ3) is 4.25. The fourth-order valence-corrected chi connectivity index (χ4v) is 5.32. The number of fused-ring (bicyclic) bond motifs is 1. The van der Waals surface area contributed by atoms with E-state index in [4.69, 9.17) is 6.42 Å². The first-order valence-electron chi connectivity index (χ1n) is 11.5. The van der Waals surface area contributed by atoms with E-state index in [1.165, 1.54) is 11.6 Å². The molecule has 0 bridgehead atoms. The smallest absolute Gasteiger partial charge is 0.251 e. The van der Waals surface area contributed by atoms with Gasteiger partial charge in [0.15, 0.2) is 0 Å². The van der Waals surface area contributed by atoms with E-state index >= 15 is 0 Å². The molecule has 0 radical (unpaired) electrons. The predicted octanol–water partition coefficient (Wildman–Crippen LogP) is 5.98. The maximum absolute atomic E-state index is 13.8. The first-order chi connectivity index (χ1) is 15.5. The molecule has 0 aliphatic heterocycles. The summed E-state index contributed by atoms with van der Waals surface area (Å²) >= 11 is 0. The molecular weight excluding hydrogens is 399 g/mol. The number of carbonyl (C=O) groups excluding carboxylic acids is 1. The van der Waals surface area contributed by atoms with Gasteiger partial charge < -0.3 is 5.32 Å². The van der Waals surface area contributed by atoms with E-state index in [1.807, 2.05) is 24.4 Å². The molecule has 3 aromatic rings. The Morgan fingerprint density at radius 1 is 1.12 bits per heavy atom. The predicted molar refractivity (Wildman–Crippen MR) is 125 cm³/mol. The van der Waals surface area contributed by atoms with Crippen LogP contribution in [0.15, 0.2) is 54.7 Å². The molecule has 4 heteroatoms. The largest absolute Gasteiger partial charge is 0.347 e. The quantitative estimate of drug-likeness (QED) is 0.510. The minimum Gasteiger partial charge on any atom is -0.347 e. The number of benzene rings is 2. The summed E-state index contributed by atoms with van der Waals surface area (Å²) < 4.78 is 13.8. The normalized spacial score (nSPS) is 21.6. The number of pyridine rings is 1. The summed E-state index contributed by atoms with van der Waals surface area (Å²) in [5, 5.41) is 4.24. The zero-order chi connectivity index (χ0) is 22.1. The highest BCUT2D eigenvalue weighted by Crippen LogP contribution is 2.47. The summed E-state index contributed by atoms with van der Waals surface area (Å²) in [6.07, 6.45) is 14.9. The summed E-state index contributed by atoms with van der Waals surface area (Å²) in [6, 6.07) is 14.2. The van der Waals surface area contributed by atoms with Crippen molar-refractivity contribution in [1.29, 1.82) is 0 Å². The number of amides is 1. The van der Waals surface area contributed by atoms with E-state index in [1.54, 1.807) is 18.2 Å². The summed E-state index contributed by atoms with van der Waals surface area (Å²) in [7, 11) is 0. The molecule has 2 fully saturated rings. The molecule has 2 saturated carbocycles. The number of nitrogens with zero attached hydrogens (tertiary/aromatic N) is 1. The number of halogens is 1. The highest BCUT2D eigenvalue weighted by Gasteiger charge is 2.45. The number of rotatable bonds is 5. The number of hydrogen-bond acceptors (Lipinski definition) is 2. The highest BCUT2D eigenvalue weighted by atomic mass is 19.1. The van der Waals surface area contributed by atoms with Gasteiger partial charge in [-0.15, -0.1) is 6.42 Å². The van der Waals surface area contributed by atoms with Crippen molar-refractivity contribution in [3.05, 3.63) is 77.2 Å². The number of hydrogen-bond donors (Lipinski definition) is 1. The Kier molecular flexibility index (Phi) is 5.43. The lowest BCUT2D eigenvalue weighted by atomic mass is 9.75. The SMILES string of the molecule is C#Cc1cccc(C(=O)NC2(CC3CCC(c4ccnc5ccc(F)cc45)CC3)CC2)c1. The second kappa shape index (κ2) is 8.39. The molecule has 1 heterocycles. The lowest BCUT2D eigenvalue weighted by Crippen LogP contribution is -2.38. The van der Waals surface area contributed by atoms with Gasteiger partial charge in [0, 0.05) is 28.2 Å². The van der Waals surface area contributed by atoms with Gasteiger partial charge in [0.05, 0.1) is 5.52 Å². The Balaban J connectivity index is 1.21. The Morgan fingerprint density at radius 2 is 1.94 bits per heavy atom. The minimum atomic E-state index is -0.209. The van der Waals surface area contributed by atoms with Gasteiger partial charge in [-0.2, -0.15) is 0 Å². The van der Waals surface area contributed by atoms with Crippen molar-refractivity contribution < 1.29 is 9.18 Å². The van der Waals surface area contributed by atoms with Crippen LogP contribution in [0.4, 0.5) is 4.39 Å². The van der Waals surface area contributed by atoms with Gasteiger partial charge >= 0.3 is 0 Å². The first kappa shape index (κ1) is 20.7. The van der Waals surface area contributed by atoms with Gasteiger partial charge in [-0.3, -0.25) is 9.78 Å². The van der Waals surface area contributed by atoms with Crippen LogP contribution < -0.4 is 5.32 Å². The molecule has 1 N–H and O–H groups in total. The van der Waals surface area contributed by atoms with Crippen LogP contribution in [0.5, 0.6) is 0 Å². The summed E-state index contributed by atoms with van der Waals surface area (Å²) in [5.41, 5.74) is 3.37. The van der Waals surface area contributed by atoms with Crippen LogP contribution in [0.2, 0.25) is 0 Å². The van der Waals surface area contributed by atoms with E-state index in [0.29, 0.717) is 17.4 Å². The average molecular weight is 427 g/mol. The fourth-order valence-electron chi connectivity index (χ4n) is 5.32. The Labute approximate surface area is 188 Å². The van der Waals surface area contributed by atoms with Gasteiger partial charge in [0.25, 0.3) is 5.91 Å². The van der Waals surface area contributed by atoms with Crippen LogP contribution in [-0.2, 0) is 0 Å². The average Bonchev–Trinajstić information content (AvgIpc) is 3.57. The highest BCUT2D eigenvalue weighted by molar-refractivity contribution is 5.95. The zero-order valence-corrected chi connectivity index (χ0v) is 18.1. The van der Waals surface area contributed by atoms with Crippen molar-refractivity contribution in [2.45, 2.75) is 56.4 Å². The van der Waals surface area contributed by atoms with E-state index in [0.717, 1.165) is 61.4 Å². The molecule has 0 atom stereocenters. The zero-order valence-electron chi connectivity index (χ0n) is 18.1. The van der Waals surface area contributed by atoms with Crippen molar-refractivity contribution in [3.63, 3.8) is 0 Å². The number of nitrogens with one attached hydrogen (secondary N) is 1. The van der Waals surface area contributed by atoms with Crippen LogP contribution in [-0.4, -0.2) is 16.4 Å². The maximum Gasteiger partial charge on any atom is 0.251 e. The third-order valence-electron chi connectivity index (χ3n) is 7.23. The van der Waals surface area contributed by atoms with E-state index in [2.05, 4.69) is 22.3 Å². The van der Waals surface area contributed by atoms with Crippen molar-refractivity contribution in [2.24, 2.45) is 5.92 Å². The topological polar surface area (TPSA) is 42.0 Å². The van der Waals surface area contributed by atoms with Crippen LogP contribution in [0.25, 0.3) is 10.9 Å². The monoisotopic (exact) mass is 426 g/mol. The molecule has 0 saturated heterocycles. The maximum atomic E-state index is 13.8. The fraction of sp³-hybridized carbons (Fsp3) is 0.357. The summed E-state index contributed by atoms with van der Waals surface area (Å²) in [6.45, 7) is 0. The molecule has 5 rings (SSSR count). The molecule has 2 aliphatic rings. The van der Waals surface area contributed by atoms with Crippen molar-refractivity contribution in [2.75, 3.05) is 0 Å². The molecule has 1 aromatic heterocycles.